The molecule has 0 spiro atoms. The van der Waals surface area contributed by atoms with Crippen molar-refractivity contribution in [1.82, 2.24) is 19.7 Å². The number of aliphatic carboxylic acids is 3. The molecule has 0 atom stereocenters. The van der Waals surface area contributed by atoms with Crippen LogP contribution in [0.2, 0.25) is 0 Å². The molecule has 1 aliphatic rings. The smallest absolute Gasteiger partial charge is 0.550 e. The van der Waals surface area contributed by atoms with E-state index in [1.807, 2.05) is 6.07 Å². The minimum absolute atomic E-state index is 0. The van der Waals surface area contributed by atoms with Crippen LogP contribution in [0.4, 0.5) is 5.95 Å². The van der Waals surface area contributed by atoms with Crippen molar-refractivity contribution >= 4 is 59.9 Å². The minimum Gasteiger partial charge on any atom is -0.550 e. The van der Waals surface area contributed by atoms with E-state index in [2.05, 4.69) is 38.5 Å². The van der Waals surface area contributed by atoms with Crippen LogP contribution in [0.5, 0.6) is 5.75 Å². The second-order valence-electron chi connectivity index (χ2n) is 10.1. The second-order valence-corrected chi connectivity index (χ2v) is 12.2. The molecular formula is C26H36BiN5O10S. The Morgan fingerprint density at radius 3 is 2.28 bits per heavy atom. The predicted octanol–water partition coefficient (Wildman–Crippen LogP) is -3.41. The van der Waals surface area contributed by atoms with Gasteiger partial charge in [-0.1, -0.05) is 18.6 Å². The molecule has 2 heterocycles. The minimum atomic E-state index is -3.14. The summed E-state index contributed by atoms with van der Waals surface area (Å²) in [5.74, 6) is -4.37. The van der Waals surface area contributed by atoms with Gasteiger partial charge in [0.2, 0.25) is 5.95 Å². The Labute approximate surface area is 269 Å². The van der Waals surface area contributed by atoms with Crippen molar-refractivity contribution in [2.24, 2.45) is 7.05 Å². The zero-order valence-electron chi connectivity index (χ0n) is 24.1. The summed E-state index contributed by atoms with van der Waals surface area (Å²) in [5.41, 5.74) is -1.68. The van der Waals surface area contributed by atoms with Crippen LogP contribution in [0, 0.1) is 0 Å². The van der Waals surface area contributed by atoms with E-state index < -0.39 is 46.2 Å². The maximum Gasteiger partial charge on any atom is 3.00 e. The first-order chi connectivity index (χ1) is 19.7. The van der Waals surface area contributed by atoms with Crippen LogP contribution >= 0.6 is 0 Å². The van der Waals surface area contributed by atoms with E-state index in [-0.39, 0.29) is 32.0 Å². The average Bonchev–Trinajstić information content (AvgIpc) is 3.21. The summed E-state index contributed by atoms with van der Waals surface area (Å²) < 4.78 is 30.2. The maximum absolute atomic E-state index is 11.4. The van der Waals surface area contributed by atoms with Crippen molar-refractivity contribution in [2.75, 3.05) is 37.8 Å². The zero-order chi connectivity index (χ0) is 31.3. The van der Waals surface area contributed by atoms with E-state index in [0.717, 1.165) is 18.7 Å². The number of sulfone groups is 1. The van der Waals surface area contributed by atoms with Crippen LogP contribution < -0.4 is 25.4 Å². The van der Waals surface area contributed by atoms with Gasteiger partial charge in [-0.3, -0.25) is 4.90 Å². The number of aliphatic hydroxyl groups is 1. The normalized spacial score (nSPS) is 13.7. The molecule has 1 aliphatic heterocycles. The number of carbonyl (C=O) groups is 3. The second kappa shape index (κ2) is 18.1. The molecule has 2 radical (unpaired) electrons. The Morgan fingerprint density at radius 1 is 1.09 bits per heavy atom. The standard InChI is InChI=1S/C20H31N5O3S.C6H8O7.Bi/c1-24-20(22-19(23-24)16-29(2,26)27)21-10-7-13-28-18-9-6-8-17(14-18)15-25-11-4-3-5-12-25;7-3(8)1-6(13,5(11)12)2-4(9)10;/h6,8-9,14H,3-5,7,10-13,15-16H2,1-2H3,(H,21,22,23);13H,1-2H2,(H,7,8)(H,9,10)(H,11,12);/q;;+3/p-3. The zero-order valence-corrected chi connectivity index (χ0v) is 28.4. The molecule has 1 fully saturated rings. The number of hydrogen-bond acceptors (Lipinski definition) is 14. The number of rotatable bonds is 15. The number of aromatic nitrogens is 3. The van der Waals surface area contributed by atoms with Crippen LogP contribution in [0.25, 0.3) is 0 Å². The summed E-state index contributed by atoms with van der Waals surface area (Å²) in [5, 5.41) is 46.2. The number of nitrogens with zero attached hydrogens (tertiary/aromatic N) is 4. The van der Waals surface area contributed by atoms with Crippen molar-refractivity contribution in [3.63, 3.8) is 0 Å². The number of aryl methyl sites for hydroxylation is 1. The molecule has 3 rings (SSSR count). The summed E-state index contributed by atoms with van der Waals surface area (Å²) in [7, 11) is -1.40. The third-order valence-electron chi connectivity index (χ3n) is 6.08. The number of piperidine rings is 1. The number of benzene rings is 1. The van der Waals surface area contributed by atoms with Gasteiger partial charge >= 0.3 is 26.2 Å². The Hall–Kier alpha value is -2.88. The molecule has 2 aromatic rings. The van der Waals surface area contributed by atoms with Crippen LogP contribution in [-0.2, 0) is 43.6 Å². The first-order valence-electron chi connectivity index (χ1n) is 13.3. The molecule has 0 aliphatic carbocycles. The quantitative estimate of drug-likeness (QED) is 0.132. The fourth-order valence-electron chi connectivity index (χ4n) is 4.14. The van der Waals surface area contributed by atoms with E-state index in [0.29, 0.717) is 24.9 Å². The largest absolute Gasteiger partial charge is 3.00 e. The molecule has 15 nitrogen and oxygen atoms in total. The fourth-order valence-corrected chi connectivity index (χ4v) is 4.73. The third kappa shape index (κ3) is 14.9. The predicted molar refractivity (Wildman–Crippen MR) is 149 cm³/mol. The van der Waals surface area contributed by atoms with E-state index in [4.69, 9.17) is 9.84 Å². The number of carboxylic acids is 3. The van der Waals surface area contributed by atoms with E-state index in [9.17, 15) is 38.1 Å². The van der Waals surface area contributed by atoms with E-state index >= 15 is 0 Å². The van der Waals surface area contributed by atoms with Gasteiger partial charge in [-0.15, -0.1) is 0 Å². The van der Waals surface area contributed by atoms with Gasteiger partial charge in [0.15, 0.2) is 15.7 Å². The number of ether oxygens (including phenoxy) is 1. The fraction of sp³-hybridized carbons (Fsp3) is 0.577. The van der Waals surface area contributed by atoms with Gasteiger partial charge in [0.1, 0.15) is 17.1 Å². The first-order valence-corrected chi connectivity index (χ1v) is 15.3. The topological polar surface area (TPSA) is 230 Å². The van der Waals surface area contributed by atoms with Crippen molar-refractivity contribution in [3.8, 4) is 5.75 Å². The number of anilines is 1. The van der Waals surface area contributed by atoms with Gasteiger partial charge in [0.05, 0.1) is 12.6 Å². The molecule has 43 heavy (non-hydrogen) atoms. The Balaban J connectivity index is 0.000000562. The first kappa shape index (κ1) is 38.1. The summed E-state index contributed by atoms with van der Waals surface area (Å²) in [6.45, 7) is 4.61. The molecule has 1 aromatic heterocycles. The number of carbonyl (C=O) groups excluding carboxylic acids is 3. The van der Waals surface area contributed by atoms with Gasteiger partial charge in [-0.05, 0) is 50.0 Å². The molecule has 0 saturated carbocycles. The van der Waals surface area contributed by atoms with Gasteiger partial charge < -0.3 is 44.9 Å². The molecule has 0 amide bonds. The molecule has 0 unspecified atom stereocenters. The van der Waals surface area contributed by atoms with Gasteiger partial charge in [0.25, 0.3) is 0 Å². The van der Waals surface area contributed by atoms with E-state index in [1.54, 1.807) is 11.7 Å². The van der Waals surface area contributed by atoms with Gasteiger partial charge in [-0.25, -0.2) is 13.1 Å². The SMILES string of the molecule is Cn1nc(CS(C)(=O)=O)nc1NCCCOc1cccc(CN2CCCCC2)c1.O=C([O-])CC(O)(CC(=O)[O-])C(=O)[O-].[Bi+3]. The van der Waals surface area contributed by atoms with Crippen molar-refractivity contribution in [2.45, 2.75) is 56.4 Å². The summed E-state index contributed by atoms with van der Waals surface area (Å²) in [6, 6.07) is 8.33. The third-order valence-corrected chi connectivity index (χ3v) is 6.86. The molecule has 236 valence electrons. The van der Waals surface area contributed by atoms with Gasteiger partial charge in [-0.2, -0.15) is 10.1 Å². The summed E-state index contributed by atoms with van der Waals surface area (Å²) >= 11 is 0. The molecule has 1 aromatic carbocycles. The van der Waals surface area contributed by atoms with Crippen molar-refractivity contribution in [1.29, 1.82) is 0 Å². The molecule has 17 heteroatoms. The number of likely N-dealkylation sites (tertiary alicyclic amines) is 1. The molecular weight excluding hydrogens is 783 g/mol. The monoisotopic (exact) mass is 819 g/mol. The summed E-state index contributed by atoms with van der Waals surface area (Å²) in [4.78, 5) is 36.7. The van der Waals surface area contributed by atoms with Crippen LogP contribution in [0.15, 0.2) is 24.3 Å². The van der Waals surface area contributed by atoms with Crippen molar-refractivity contribution in [3.05, 3.63) is 35.7 Å². The Morgan fingerprint density at radius 2 is 1.72 bits per heavy atom. The Kier molecular flexibility index (Phi) is 16.0. The van der Waals surface area contributed by atoms with Crippen LogP contribution in [0.1, 0.15) is 49.9 Å². The van der Waals surface area contributed by atoms with Crippen LogP contribution in [-0.4, -0.2) is 115 Å². The molecule has 1 saturated heterocycles. The van der Waals surface area contributed by atoms with Gasteiger partial charge in [0, 0.05) is 51.2 Å². The summed E-state index contributed by atoms with van der Waals surface area (Å²) in [6.07, 6.45) is 3.20. The van der Waals surface area contributed by atoms with E-state index in [1.165, 1.54) is 44.2 Å². The van der Waals surface area contributed by atoms with Crippen LogP contribution in [0.3, 0.4) is 0 Å². The maximum atomic E-state index is 11.4. The number of hydrogen-bond donors (Lipinski definition) is 2. The number of carboxylic acid groups (broad SMARTS) is 3. The van der Waals surface area contributed by atoms with Crippen molar-refractivity contribution < 1.29 is 48.0 Å². The Bertz CT molecular complexity index is 1300. The number of nitrogens with one attached hydrogen (secondary N) is 1. The molecule has 0 bridgehead atoms. The molecule has 2 N–H and O–H groups in total. The average molecular weight is 820 g/mol.